The average molecular weight is 263 g/mol. The van der Waals surface area contributed by atoms with Crippen molar-refractivity contribution in [3.63, 3.8) is 0 Å². The summed E-state index contributed by atoms with van der Waals surface area (Å²) < 4.78 is 4.88. The van der Waals surface area contributed by atoms with Crippen LogP contribution in [-0.4, -0.2) is 60.6 Å². The Labute approximate surface area is 114 Å². The maximum Gasteiger partial charge on any atom is 0.248 e. The fourth-order valence-electron chi connectivity index (χ4n) is 2.27. The van der Waals surface area contributed by atoms with Gasteiger partial charge >= 0.3 is 0 Å². The molecule has 0 unspecified atom stereocenters. The van der Waals surface area contributed by atoms with Gasteiger partial charge in [0.15, 0.2) is 0 Å². The van der Waals surface area contributed by atoms with Gasteiger partial charge in [-0.1, -0.05) is 6.07 Å². The van der Waals surface area contributed by atoms with E-state index in [4.69, 9.17) is 4.74 Å². The van der Waals surface area contributed by atoms with Crippen molar-refractivity contribution in [3.8, 4) is 0 Å². The van der Waals surface area contributed by atoms with Crippen LogP contribution in [0.4, 0.5) is 0 Å². The second-order valence-electron chi connectivity index (χ2n) is 4.86. The minimum absolute atomic E-state index is 0.0798. The van der Waals surface area contributed by atoms with Crippen LogP contribution in [0.15, 0.2) is 18.3 Å². The van der Waals surface area contributed by atoms with Crippen LogP contribution >= 0.6 is 0 Å². The average Bonchev–Trinajstić information content (AvgIpc) is 2.42. The monoisotopic (exact) mass is 263 g/mol. The van der Waals surface area contributed by atoms with Crippen molar-refractivity contribution >= 4 is 5.91 Å². The minimum atomic E-state index is 0.0798. The lowest BCUT2D eigenvalue weighted by Crippen LogP contribution is -2.49. The summed E-state index contributed by atoms with van der Waals surface area (Å²) in [6, 6.07) is 4.04. The molecule has 0 radical (unpaired) electrons. The molecule has 0 N–H and O–H groups in total. The van der Waals surface area contributed by atoms with Crippen LogP contribution in [-0.2, 0) is 16.1 Å². The molecule has 5 nitrogen and oxygen atoms in total. The Bertz CT molecular complexity index is 428. The molecule has 19 heavy (non-hydrogen) atoms. The third-order valence-corrected chi connectivity index (χ3v) is 3.48. The number of aryl methyl sites for hydroxylation is 1. The van der Waals surface area contributed by atoms with E-state index in [0.29, 0.717) is 0 Å². The third kappa shape index (κ3) is 3.75. The molecule has 1 aliphatic rings. The van der Waals surface area contributed by atoms with Gasteiger partial charge in [-0.2, -0.15) is 0 Å². The lowest BCUT2D eigenvalue weighted by molar-refractivity contribution is -0.136. The van der Waals surface area contributed by atoms with Gasteiger partial charge in [0, 0.05) is 46.0 Å². The van der Waals surface area contributed by atoms with E-state index in [-0.39, 0.29) is 12.5 Å². The first-order chi connectivity index (χ1) is 9.20. The molecule has 0 atom stereocenters. The zero-order valence-electron chi connectivity index (χ0n) is 11.6. The lowest BCUT2D eigenvalue weighted by Gasteiger charge is -2.34. The van der Waals surface area contributed by atoms with E-state index >= 15 is 0 Å². The Hall–Kier alpha value is -1.46. The Morgan fingerprint density at radius 2 is 2.11 bits per heavy atom. The number of aromatic nitrogens is 1. The predicted octanol–water partition coefficient (Wildman–Crippen LogP) is 0.681. The summed E-state index contributed by atoms with van der Waals surface area (Å²) in [6.45, 7) is 6.46. The van der Waals surface area contributed by atoms with Crippen molar-refractivity contribution in [2.75, 3.05) is 39.9 Å². The van der Waals surface area contributed by atoms with Crippen molar-refractivity contribution in [2.24, 2.45) is 0 Å². The number of rotatable bonds is 4. The van der Waals surface area contributed by atoms with Crippen LogP contribution in [0.3, 0.4) is 0 Å². The normalized spacial score (nSPS) is 16.6. The molecule has 1 aromatic heterocycles. The van der Waals surface area contributed by atoms with E-state index in [9.17, 15) is 4.79 Å². The van der Waals surface area contributed by atoms with E-state index in [0.717, 1.165) is 38.4 Å². The number of hydrogen-bond donors (Lipinski definition) is 0. The largest absolute Gasteiger partial charge is 0.375 e. The Kier molecular flexibility index (Phi) is 4.87. The van der Waals surface area contributed by atoms with Crippen molar-refractivity contribution in [1.29, 1.82) is 0 Å². The molecule has 1 saturated heterocycles. The summed E-state index contributed by atoms with van der Waals surface area (Å²) in [7, 11) is 1.55. The molecule has 0 aliphatic carbocycles. The molecular formula is C14H21N3O2. The highest BCUT2D eigenvalue weighted by Crippen LogP contribution is 2.10. The summed E-state index contributed by atoms with van der Waals surface area (Å²) in [4.78, 5) is 20.3. The lowest BCUT2D eigenvalue weighted by atomic mass is 10.2. The maximum atomic E-state index is 11.7. The van der Waals surface area contributed by atoms with Crippen molar-refractivity contribution in [1.82, 2.24) is 14.8 Å². The first-order valence-electron chi connectivity index (χ1n) is 6.60. The quantitative estimate of drug-likeness (QED) is 0.801. The number of pyridine rings is 1. The molecule has 104 valence electrons. The molecule has 0 spiro atoms. The van der Waals surface area contributed by atoms with Crippen molar-refractivity contribution in [2.45, 2.75) is 13.5 Å². The second-order valence-corrected chi connectivity index (χ2v) is 4.86. The number of methoxy groups -OCH3 is 1. The molecule has 2 rings (SSSR count). The number of ether oxygens (including phenoxy) is 1. The van der Waals surface area contributed by atoms with Crippen LogP contribution in [0, 0.1) is 6.92 Å². The molecule has 0 aromatic carbocycles. The van der Waals surface area contributed by atoms with Crippen LogP contribution in [0.25, 0.3) is 0 Å². The maximum absolute atomic E-state index is 11.7. The van der Waals surface area contributed by atoms with E-state index in [1.54, 1.807) is 7.11 Å². The fourth-order valence-corrected chi connectivity index (χ4v) is 2.27. The van der Waals surface area contributed by atoms with Gasteiger partial charge in [0.25, 0.3) is 0 Å². The topological polar surface area (TPSA) is 45.7 Å². The molecule has 1 aliphatic heterocycles. The van der Waals surface area contributed by atoms with E-state index in [2.05, 4.69) is 22.9 Å². The molecule has 2 heterocycles. The number of hydrogen-bond acceptors (Lipinski definition) is 4. The van der Waals surface area contributed by atoms with Gasteiger partial charge in [-0.25, -0.2) is 0 Å². The minimum Gasteiger partial charge on any atom is -0.375 e. The van der Waals surface area contributed by atoms with Crippen LogP contribution in [0.1, 0.15) is 11.3 Å². The Morgan fingerprint density at radius 1 is 1.37 bits per heavy atom. The van der Waals surface area contributed by atoms with Gasteiger partial charge in [-0.05, 0) is 18.6 Å². The number of carbonyl (C=O) groups excluding carboxylic acids is 1. The molecule has 5 heteroatoms. The van der Waals surface area contributed by atoms with Crippen LogP contribution < -0.4 is 0 Å². The number of carbonyl (C=O) groups is 1. The molecule has 0 bridgehead atoms. The van der Waals surface area contributed by atoms with E-state index < -0.39 is 0 Å². The third-order valence-electron chi connectivity index (χ3n) is 3.48. The molecule has 1 amide bonds. The Morgan fingerprint density at radius 3 is 2.74 bits per heavy atom. The summed E-state index contributed by atoms with van der Waals surface area (Å²) in [5, 5.41) is 0. The van der Waals surface area contributed by atoms with Crippen molar-refractivity contribution < 1.29 is 9.53 Å². The zero-order valence-corrected chi connectivity index (χ0v) is 11.6. The van der Waals surface area contributed by atoms with Crippen LogP contribution in [0.2, 0.25) is 0 Å². The van der Waals surface area contributed by atoms with Gasteiger partial charge in [-0.15, -0.1) is 0 Å². The number of piperazine rings is 1. The summed E-state index contributed by atoms with van der Waals surface area (Å²) in [5.74, 6) is 0.0798. The van der Waals surface area contributed by atoms with E-state index in [1.165, 1.54) is 5.56 Å². The highest BCUT2D eigenvalue weighted by molar-refractivity contribution is 5.77. The second kappa shape index (κ2) is 6.63. The standard InChI is InChI=1S/C14H21N3O2/c1-12-4-3-5-15-13(12)10-16-6-8-17(9-7-16)14(18)11-19-2/h3-5H,6-11H2,1-2H3. The van der Waals surface area contributed by atoms with Gasteiger partial charge < -0.3 is 9.64 Å². The zero-order chi connectivity index (χ0) is 13.7. The fraction of sp³-hybridized carbons (Fsp3) is 0.571. The highest BCUT2D eigenvalue weighted by Gasteiger charge is 2.21. The van der Waals surface area contributed by atoms with Crippen molar-refractivity contribution in [3.05, 3.63) is 29.6 Å². The molecule has 1 aromatic rings. The van der Waals surface area contributed by atoms with E-state index in [1.807, 2.05) is 17.2 Å². The molecular weight excluding hydrogens is 242 g/mol. The van der Waals surface area contributed by atoms with Gasteiger partial charge in [0.2, 0.25) is 5.91 Å². The number of amides is 1. The predicted molar refractivity (Wildman–Crippen MR) is 72.7 cm³/mol. The van der Waals surface area contributed by atoms with Gasteiger partial charge in [0.05, 0.1) is 5.69 Å². The summed E-state index contributed by atoms with van der Waals surface area (Å²) in [6.07, 6.45) is 1.83. The molecule has 0 saturated carbocycles. The van der Waals surface area contributed by atoms with Gasteiger partial charge in [-0.3, -0.25) is 14.7 Å². The first-order valence-corrected chi connectivity index (χ1v) is 6.60. The van der Waals surface area contributed by atoms with Crippen LogP contribution in [0.5, 0.6) is 0 Å². The summed E-state index contributed by atoms with van der Waals surface area (Å²) in [5.41, 5.74) is 2.35. The smallest absolute Gasteiger partial charge is 0.248 e. The van der Waals surface area contributed by atoms with Gasteiger partial charge in [0.1, 0.15) is 6.61 Å². The molecule has 1 fully saturated rings. The highest BCUT2D eigenvalue weighted by atomic mass is 16.5. The SMILES string of the molecule is COCC(=O)N1CCN(Cc2ncccc2C)CC1. The summed E-state index contributed by atoms with van der Waals surface area (Å²) >= 11 is 0. The Balaban J connectivity index is 1.84. The first kappa shape index (κ1) is 14.0. The number of nitrogens with zero attached hydrogens (tertiary/aromatic N) is 3.